The number of aromatic nitrogens is 1. The Morgan fingerprint density at radius 3 is 3.00 bits per heavy atom. The van der Waals surface area contributed by atoms with E-state index in [0.29, 0.717) is 0 Å². The minimum Gasteiger partial charge on any atom is -0.315 e. The van der Waals surface area contributed by atoms with Gasteiger partial charge in [-0.2, -0.15) is 0 Å². The zero-order valence-corrected chi connectivity index (χ0v) is 8.28. The fraction of sp³-hybridized carbons (Fsp3) is 0.545. The van der Waals surface area contributed by atoms with Crippen LogP contribution >= 0.6 is 0 Å². The summed E-state index contributed by atoms with van der Waals surface area (Å²) in [6, 6.07) is 5.26. The van der Waals surface area contributed by atoms with Crippen LogP contribution in [0.15, 0.2) is 29.2 Å². The number of nitrogens with zero attached hydrogens (tertiary/aromatic N) is 1. The molecule has 3 heteroatoms. The zero-order chi connectivity index (χ0) is 9.80. The predicted octanol–water partition coefficient (Wildman–Crippen LogP) is 0.848. The number of hydrogen-bond donors (Lipinski definition) is 1. The Morgan fingerprint density at radius 2 is 2.29 bits per heavy atom. The van der Waals surface area contributed by atoms with E-state index >= 15 is 0 Å². The van der Waals surface area contributed by atoms with Gasteiger partial charge in [0.25, 0.3) is 5.56 Å². The Bertz CT molecular complexity index is 341. The molecule has 14 heavy (non-hydrogen) atoms. The third-order valence-corrected chi connectivity index (χ3v) is 2.56. The molecule has 0 radical (unpaired) electrons. The van der Waals surface area contributed by atoms with Gasteiger partial charge in [-0.15, -0.1) is 0 Å². The van der Waals surface area contributed by atoms with Crippen molar-refractivity contribution in [3.8, 4) is 0 Å². The van der Waals surface area contributed by atoms with Crippen LogP contribution in [0.4, 0.5) is 0 Å². The van der Waals surface area contributed by atoms with Crippen molar-refractivity contribution in [2.75, 3.05) is 13.1 Å². The first-order valence-electron chi connectivity index (χ1n) is 5.22. The molecule has 2 rings (SSSR count). The average molecular weight is 192 g/mol. The molecule has 0 bridgehead atoms. The standard InChI is InChI=1S/C11H16N2O/c14-11-3-1-2-7-13(11)8-6-12-9-10-4-5-10/h1-3,7,10,12H,4-6,8-9H2. The first-order chi connectivity index (χ1) is 6.86. The van der Waals surface area contributed by atoms with Crippen LogP contribution in [0.25, 0.3) is 0 Å². The van der Waals surface area contributed by atoms with E-state index in [1.807, 2.05) is 12.3 Å². The van der Waals surface area contributed by atoms with E-state index in [1.165, 1.54) is 12.8 Å². The van der Waals surface area contributed by atoms with E-state index in [2.05, 4.69) is 5.32 Å². The van der Waals surface area contributed by atoms with Crippen molar-refractivity contribution < 1.29 is 0 Å². The van der Waals surface area contributed by atoms with Gasteiger partial charge < -0.3 is 9.88 Å². The van der Waals surface area contributed by atoms with Gasteiger partial charge >= 0.3 is 0 Å². The first-order valence-corrected chi connectivity index (χ1v) is 5.22. The molecule has 0 spiro atoms. The van der Waals surface area contributed by atoms with Gasteiger partial charge in [0.2, 0.25) is 0 Å². The van der Waals surface area contributed by atoms with Crippen LogP contribution in [0, 0.1) is 5.92 Å². The molecular formula is C11H16N2O. The summed E-state index contributed by atoms with van der Waals surface area (Å²) >= 11 is 0. The smallest absolute Gasteiger partial charge is 0.250 e. The zero-order valence-electron chi connectivity index (χ0n) is 8.28. The number of nitrogens with one attached hydrogen (secondary N) is 1. The minimum absolute atomic E-state index is 0.0840. The highest BCUT2D eigenvalue weighted by Crippen LogP contribution is 2.27. The summed E-state index contributed by atoms with van der Waals surface area (Å²) in [6.45, 7) is 2.77. The van der Waals surface area contributed by atoms with Crippen LogP contribution in [-0.2, 0) is 6.54 Å². The van der Waals surface area contributed by atoms with Crippen LogP contribution < -0.4 is 10.9 Å². The summed E-state index contributed by atoms with van der Waals surface area (Å²) in [5.74, 6) is 0.905. The van der Waals surface area contributed by atoms with Crippen molar-refractivity contribution in [2.24, 2.45) is 5.92 Å². The summed E-state index contributed by atoms with van der Waals surface area (Å²) in [7, 11) is 0. The largest absolute Gasteiger partial charge is 0.315 e. The van der Waals surface area contributed by atoms with Crippen LogP contribution in [0.1, 0.15) is 12.8 Å². The Balaban J connectivity index is 1.73. The summed E-state index contributed by atoms with van der Waals surface area (Å²) in [5.41, 5.74) is 0.0840. The normalized spacial score (nSPS) is 15.7. The highest BCUT2D eigenvalue weighted by Gasteiger charge is 2.19. The summed E-state index contributed by atoms with van der Waals surface area (Å²) in [5, 5.41) is 3.36. The van der Waals surface area contributed by atoms with E-state index in [4.69, 9.17) is 0 Å². The molecule has 1 aliphatic rings. The Morgan fingerprint density at radius 1 is 1.43 bits per heavy atom. The maximum atomic E-state index is 11.3. The lowest BCUT2D eigenvalue weighted by molar-refractivity contribution is 0.566. The molecule has 0 unspecified atom stereocenters. The van der Waals surface area contributed by atoms with E-state index < -0.39 is 0 Å². The highest BCUT2D eigenvalue weighted by molar-refractivity contribution is 4.93. The molecule has 1 aromatic heterocycles. The molecule has 1 fully saturated rings. The Kier molecular flexibility index (Phi) is 2.99. The van der Waals surface area contributed by atoms with Crippen molar-refractivity contribution in [1.82, 2.24) is 9.88 Å². The second-order valence-electron chi connectivity index (χ2n) is 3.88. The van der Waals surface area contributed by atoms with Crippen LogP contribution in [-0.4, -0.2) is 17.7 Å². The van der Waals surface area contributed by atoms with Crippen LogP contribution in [0.5, 0.6) is 0 Å². The molecule has 0 aromatic carbocycles. The molecule has 1 saturated carbocycles. The van der Waals surface area contributed by atoms with Gasteiger partial charge in [-0.3, -0.25) is 4.79 Å². The van der Waals surface area contributed by atoms with Gasteiger partial charge in [0, 0.05) is 25.4 Å². The Hall–Kier alpha value is -1.09. The summed E-state index contributed by atoms with van der Waals surface area (Å²) in [6.07, 6.45) is 4.58. The summed E-state index contributed by atoms with van der Waals surface area (Å²) in [4.78, 5) is 11.3. The molecule has 0 saturated heterocycles. The topological polar surface area (TPSA) is 34.0 Å². The monoisotopic (exact) mass is 192 g/mol. The molecular weight excluding hydrogens is 176 g/mol. The molecule has 1 N–H and O–H groups in total. The van der Waals surface area contributed by atoms with Crippen molar-refractivity contribution in [2.45, 2.75) is 19.4 Å². The van der Waals surface area contributed by atoms with Crippen LogP contribution in [0.2, 0.25) is 0 Å². The van der Waals surface area contributed by atoms with E-state index in [9.17, 15) is 4.79 Å². The van der Waals surface area contributed by atoms with E-state index in [0.717, 1.165) is 25.6 Å². The van der Waals surface area contributed by atoms with Crippen molar-refractivity contribution in [1.29, 1.82) is 0 Å². The third kappa shape index (κ3) is 2.70. The molecule has 1 aliphatic carbocycles. The Labute approximate surface area is 83.8 Å². The number of hydrogen-bond acceptors (Lipinski definition) is 2. The fourth-order valence-electron chi connectivity index (χ4n) is 1.47. The second-order valence-corrected chi connectivity index (χ2v) is 3.88. The maximum Gasteiger partial charge on any atom is 0.250 e. The number of pyridine rings is 1. The predicted molar refractivity (Wildman–Crippen MR) is 56.3 cm³/mol. The molecule has 0 atom stereocenters. The van der Waals surface area contributed by atoms with Gasteiger partial charge in [0.15, 0.2) is 0 Å². The molecule has 0 aliphatic heterocycles. The first kappa shape index (κ1) is 9.46. The maximum absolute atomic E-state index is 11.3. The van der Waals surface area contributed by atoms with Gasteiger partial charge in [-0.1, -0.05) is 6.07 Å². The van der Waals surface area contributed by atoms with Crippen LogP contribution in [0.3, 0.4) is 0 Å². The lowest BCUT2D eigenvalue weighted by Gasteiger charge is -2.05. The van der Waals surface area contributed by atoms with Gasteiger partial charge in [-0.05, 0) is 31.4 Å². The fourth-order valence-corrected chi connectivity index (χ4v) is 1.47. The van der Waals surface area contributed by atoms with Gasteiger partial charge in [-0.25, -0.2) is 0 Å². The molecule has 1 aromatic rings. The van der Waals surface area contributed by atoms with Gasteiger partial charge in [0.05, 0.1) is 0 Å². The molecule has 1 heterocycles. The lowest BCUT2D eigenvalue weighted by atomic mass is 10.4. The van der Waals surface area contributed by atoms with E-state index in [1.54, 1.807) is 16.7 Å². The van der Waals surface area contributed by atoms with Crippen molar-refractivity contribution >= 4 is 0 Å². The number of rotatable bonds is 5. The average Bonchev–Trinajstić information content (AvgIpc) is 2.99. The lowest BCUT2D eigenvalue weighted by Crippen LogP contribution is -2.27. The van der Waals surface area contributed by atoms with Crippen molar-refractivity contribution in [3.05, 3.63) is 34.7 Å². The molecule has 3 nitrogen and oxygen atoms in total. The SMILES string of the molecule is O=c1ccccn1CCNCC1CC1. The molecule has 0 amide bonds. The highest BCUT2D eigenvalue weighted by atomic mass is 16.1. The van der Waals surface area contributed by atoms with E-state index in [-0.39, 0.29) is 5.56 Å². The van der Waals surface area contributed by atoms with Gasteiger partial charge in [0.1, 0.15) is 0 Å². The summed E-state index contributed by atoms with van der Waals surface area (Å²) < 4.78 is 1.74. The second kappa shape index (κ2) is 4.42. The quantitative estimate of drug-likeness (QED) is 0.702. The minimum atomic E-state index is 0.0840. The van der Waals surface area contributed by atoms with Crippen molar-refractivity contribution in [3.63, 3.8) is 0 Å². The molecule has 76 valence electrons. The third-order valence-electron chi connectivity index (χ3n) is 2.56.